The second kappa shape index (κ2) is 26.3. The summed E-state index contributed by atoms with van der Waals surface area (Å²) in [6.45, 7) is 1.20. The molecule has 0 aliphatic carbocycles. The van der Waals surface area contributed by atoms with Crippen LogP contribution in [0.15, 0.2) is 0 Å². The van der Waals surface area contributed by atoms with Gasteiger partial charge in [-0.3, -0.25) is 4.79 Å². The van der Waals surface area contributed by atoms with Gasteiger partial charge in [0.05, 0.1) is 33.0 Å². The van der Waals surface area contributed by atoms with Crippen molar-refractivity contribution in [2.75, 3.05) is 39.6 Å². The Morgan fingerprint density at radius 3 is 1.57 bits per heavy atom. The third-order valence-electron chi connectivity index (χ3n) is 5.97. The lowest BCUT2D eigenvalue weighted by Crippen LogP contribution is -2.33. The summed E-state index contributed by atoms with van der Waals surface area (Å²) in [7, 11) is 0. The average Bonchev–Trinajstić information content (AvgIpc) is 2.87. The van der Waals surface area contributed by atoms with Crippen LogP contribution in [-0.4, -0.2) is 84.3 Å². The van der Waals surface area contributed by atoms with Gasteiger partial charge in [0.15, 0.2) is 0 Å². The summed E-state index contributed by atoms with van der Waals surface area (Å²) in [6, 6.07) is 0. The molecule has 0 radical (unpaired) electrons. The van der Waals surface area contributed by atoms with Crippen molar-refractivity contribution in [1.29, 1.82) is 0 Å². The third kappa shape index (κ3) is 24.7. The molecule has 8 nitrogen and oxygen atoms in total. The Labute approximate surface area is 213 Å². The van der Waals surface area contributed by atoms with Crippen molar-refractivity contribution in [1.82, 2.24) is 0 Å². The Balaban J connectivity index is 3.70. The van der Waals surface area contributed by atoms with Gasteiger partial charge in [0.1, 0.15) is 24.9 Å². The van der Waals surface area contributed by atoms with Crippen LogP contribution in [-0.2, 0) is 19.0 Å². The van der Waals surface area contributed by atoms with Gasteiger partial charge in [0.2, 0.25) is 0 Å². The van der Waals surface area contributed by atoms with Crippen LogP contribution < -0.4 is 0 Å². The van der Waals surface area contributed by atoms with E-state index in [1.165, 1.54) is 77.0 Å². The van der Waals surface area contributed by atoms with E-state index in [1.807, 2.05) is 0 Å². The first kappa shape index (κ1) is 34.2. The van der Waals surface area contributed by atoms with Crippen molar-refractivity contribution in [3.63, 3.8) is 0 Å². The fourth-order valence-corrected chi connectivity index (χ4v) is 3.73. The molecule has 0 fully saturated rings. The zero-order valence-corrected chi connectivity index (χ0v) is 22.2. The molecule has 3 atom stereocenters. The molecule has 0 aliphatic heterocycles. The third-order valence-corrected chi connectivity index (χ3v) is 5.97. The second-order valence-electron chi connectivity index (χ2n) is 9.55. The fraction of sp³-hybridized carbons (Fsp3) is 0.963. The van der Waals surface area contributed by atoms with Crippen molar-refractivity contribution in [2.24, 2.45) is 0 Å². The Bertz CT molecular complexity index is 449. The fourth-order valence-electron chi connectivity index (χ4n) is 3.73. The molecule has 0 saturated carbocycles. The molecule has 0 saturated heterocycles. The monoisotopic (exact) mass is 506 g/mol. The minimum Gasteiger partial charge on any atom is -0.463 e. The van der Waals surface area contributed by atoms with Crippen molar-refractivity contribution in [2.45, 2.75) is 128 Å². The van der Waals surface area contributed by atoms with Gasteiger partial charge in [-0.25, -0.2) is 0 Å². The molecule has 0 aromatic carbocycles. The molecule has 4 N–H and O–H groups in total. The Morgan fingerprint density at radius 1 is 0.629 bits per heavy atom. The van der Waals surface area contributed by atoms with E-state index in [0.29, 0.717) is 6.42 Å². The first-order valence-electron chi connectivity index (χ1n) is 14.0. The first-order chi connectivity index (χ1) is 17.0. The SMILES string of the molecule is CCCCCCCCCCCCCCCCCC(=O)OC[C@H](COC[C@@H](O)CO)OC[C@H](O)CO. The van der Waals surface area contributed by atoms with Crippen molar-refractivity contribution in [3.8, 4) is 0 Å². The summed E-state index contributed by atoms with van der Waals surface area (Å²) in [5, 5.41) is 36.5. The van der Waals surface area contributed by atoms with E-state index in [1.54, 1.807) is 0 Å². The molecule has 0 amide bonds. The zero-order valence-electron chi connectivity index (χ0n) is 22.2. The number of hydrogen-bond acceptors (Lipinski definition) is 8. The van der Waals surface area contributed by atoms with Crippen molar-refractivity contribution >= 4 is 5.97 Å². The van der Waals surface area contributed by atoms with E-state index in [2.05, 4.69) is 6.92 Å². The van der Waals surface area contributed by atoms with Crippen molar-refractivity contribution in [3.05, 3.63) is 0 Å². The van der Waals surface area contributed by atoms with E-state index < -0.39 is 31.5 Å². The van der Waals surface area contributed by atoms with Gasteiger partial charge >= 0.3 is 5.97 Å². The molecule has 0 rings (SSSR count). The normalized spacial score (nSPS) is 14.1. The van der Waals surface area contributed by atoms with Crippen LogP contribution in [0.4, 0.5) is 0 Å². The van der Waals surface area contributed by atoms with E-state index in [9.17, 15) is 15.0 Å². The standard InChI is InChI=1S/C27H54O8/c1-2-3-4-5-6-7-8-9-10-11-12-13-14-15-16-17-27(32)35-23-26(34-21-25(31)19-29)22-33-20-24(30)18-28/h24-26,28-31H,2-23H2,1H3/t24-,25+,26-/m0/s1. The Morgan fingerprint density at radius 2 is 1.09 bits per heavy atom. The van der Waals surface area contributed by atoms with Crippen LogP contribution >= 0.6 is 0 Å². The number of aliphatic hydroxyl groups excluding tert-OH is 4. The molecule has 8 heteroatoms. The maximum Gasteiger partial charge on any atom is 0.305 e. The highest BCUT2D eigenvalue weighted by Gasteiger charge is 2.16. The molecule has 0 bridgehead atoms. The number of aliphatic hydroxyl groups is 4. The van der Waals surface area contributed by atoms with Crippen LogP contribution in [0.1, 0.15) is 110 Å². The average molecular weight is 507 g/mol. The van der Waals surface area contributed by atoms with E-state index >= 15 is 0 Å². The second-order valence-corrected chi connectivity index (χ2v) is 9.55. The molecule has 210 valence electrons. The number of ether oxygens (including phenoxy) is 3. The summed E-state index contributed by atoms with van der Waals surface area (Å²) in [5.41, 5.74) is 0. The number of carbonyl (C=O) groups is 1. The Hall–Kier alpha value is -0.770. The number of carbonyl (C=O) groups excluding carboxylic acids is 1. The molecule has 0 aromatic rings. The first-order valence-corrected chi connectivity index (χ1v) is 14.0. The molecule has 0 unspecified atom stereocenters. The summed E-state index contributed by atoms with van der Waals surface area (Å²) in [5.74, 6) is -0.300. The van der Waals surface area contributed by atoms with Crippen LogP contribution in [0.2, 0.25) is 0 Å². The number of unbranched alkanes of at least 4 members (excludes halogenated alkanes) is 14. The molecule has 0 aliphatic rings. The minimum atomic E-state index is -1.03. The molecule has 0 aromatic heterocycles. The van der Waals surface area contributed by atoms with Crippen LogP contribution in [0.3, 0.4) is 0 Å². The number of esters is 1. The highest BCUT2D eigenvalue weighted by atomic mass is 16.6. The quantitative estimate of drug-likeness (QED) is 0.0976. The van der Waals surface area contributed by atoms with Gasteiger partial charge in [-0.05, 0) is 6.42 Å². The van der Waals surface area contributed by atoms with E-state index in [4.69, 9.17) is 24.4 Å². The topological polar surface area (TPSA) is 126 Å². The van der Waals surface area contributed by atoms with Gasteiger partial charge < -0.3 is 34.6 Å². The van der Waals surface area contributed by atoms with E-state index in [-0.39, 0.29) is 32.4 Å². The summed E-state index contributed by atoms with van der Waals surface area (Å²) >= 11 is 0. The molecule has 0 heterocycles. The molecular formula is C27H54O8. The predicted octanol–water partition coefficient (Wildman–Crippen LogP) is 3.90. The zero-order chi connectivity index (χ0) is 26.0. The van der Waals surface area contributed by atoms with Gasteiger partial charge in [-0.15, -0.1) is 0 Å². The maximum absolute atomic E-state index is 12.0. The number of rotatable bonds is 27. The summed E-state index contributed by atoms with van der Waals surface area (Å²) in [6.07, 6.45) is 16.8. The lowest BCUT2D eigenvalue weighted by molar-refractivity contribution is -0.152. The largest absolute Gasteiger partial charge is 0.463 e. The van der Waals surface area contributed by atoms with Crippen LogP contribution in [0, 0.1) is 0 Å². The predicted molar refractivity (Wildman–Crippen MR) is 137 cm³/mol. The van der Waals surface area contributed by atoms with Gasteiger partial charge in [0, 0.05) is 6.42 Å². The number of hydrogen-bond donors (Lipinski definition) is 4. The summed E-state index contributed by atoms with van der Waals surface area (Å²) in [4.78, 5) is 12.0. The lowest BCUT2D eigenvalue weighted by atomic mass is 10.0. The van der Waals surface area contributed by atoms with Crippen LogP contribution in [0.5, 0.6) is 0 Å². The van der Waals surface area contributed by atoms with E-state index in [0.717, 1.165) is 19.3 Å². The lowest BCUT2D eigenvalue weighted by Gasteiger charge is -2.20. The Kier molecular flexibility index (Phi) is 25.7. The van der Waals surface area contributed by atoms with Crippen molar-refractivity contribution < 1.29 is 39.4 Å². The van der Waals surface area contributed by atoms with Crippen LogP contribution in [0.25, 0.3) is 0 Å². The molecule has 0 spiro atoms. The molecular weight excluding hydrogens is 452 g/mol. The van der Waals surface area contributed by atoms with Gasteiger partial charge in [-0.2, -0.15) is 0 Å². The minimum absolute atomic E-state index is 0.0292. The van der Waals surface area contributed by atoms with Gasteiger partial charge in [0.25, 0.3) is 0 Å². The highest BCUT2D eigenvalue weighted by Crippen LogP contribution is 2.14. The smallest absolute Gasteiger partial charge is 0.305 e. The molecule has 35 heavy (non-hydrogen) atoms. The summed E-state index contributed by atoms with van der Waals surface area (Å²) < 4.78 is 16.0. The highest BCUT2D eigenvalue weighted by molar-refractivity contribution is 5.69. The maximum atomic E-state index is 12.0. The van der Waals surface area contributed by atoms with Gasteiger partial charge in [-0.1, -0.05) is 96.8 Å².